The van der Waals surface area contributed by atoms with Crippen molar-refractivity contribution in [2.75, 3.05) is 6.26 Å². The molecule has 0 atom stereocenters. The van der Waals surface area contributed by atoms with Crippen LogP contribution >= 0.6 is 11.8 Å². The standard InChI is InChI=1S/C7H8N2O3S/c1-13-3-5-8-2-4(7(11)12)6(10)9-5/h2H,3H2,1H3,(H,11,12)(H,8,9,10). The van der Waals surface area contributed by atoms with Crippen LogP contribution in [0.25, 0.3) is 0 Å². The number of thioether (sulfide) groups is 1. The topological polar surface area (TPSA) is 83.0 Å². The highest BCUT2D eigenvalue weighted by Gasteiger charge is 2.08. The molecule has 0 aliphatic heterocycles. The van der Waals surface area contributed by atoms with Crippen LogP contribution in [0.5, 0.6) is 0 Å². The third-order valence-corrected chi connectivity index (χ3v) is 1.93. The Kier molecular flexibility index (Phi) is 3.07. The minimum absolute atomic E-state index is 0.329. The average molecular weight is 200 g/mol. The quantitative estimate of drug-likeness (QED) is 0.734. The number of H-pyrrole nitrogens is 1. The maximum absolute atomic E-state index is 11.1. The number of aromatic nitrogens is 2. The highest BCUT2D eigenvalue weighted by Crippen LogP contribution is 2.00. The molecular formula is C7H8N2O3S. The van der Waals surface area contributed by atoms with Gasteiger partial charge in [-0.15, -0.1) is 0 Å². The van der Waals surface area contributed by atoms with E-state index in [0.29, 0.717) is 11.6 Å². The van der Waals surface area contributed by atoms with Gasteiger partial charge in [0.05, 0.1) is 5.75 Å². The van der Waals surface area contributed by atoms with Crippen LogP contribution in [-0.2, 0) is 5.75 Å². The van der Waals surface area contributed by atoms with Gasteiger partial charge in [0.2, 0.25) is 0 Å². The highest BCUT2D eigenvalue weighted by molar-refractivity contribution is 7.97. The van der Waals surface area contributed by atoms with Gasteiger partial charge in [-0.1, -0.05) is 0 Å². The van der Waals surface area contributed by atoms with Crippen molar-refractivity contribution in [3.63, 3.8) is 0 Å². The van der Waals surface area contributed by atoms with E-state index < -0.39 is 11.5 Å². The van der Waals surface area contributed by atoms with Crippen molar-refractivity contribution < 1.29 is 9.90 Å². The van der Waals surface area contributed by atoms with Crippen molar-refractivity contribution in [2.24, 2.45) is 0 Å². The minimum Gasteiger partial charge on any atom is -0.477 e. The van der Waals surface area contributed by atoms with E-state index in [9.17, 15) is 9.59 Å². The molecule has 0 saturated heterocycles. The van der Waals surface area contributed by atoms with E-state index in [4.69, 9.17) is 5.11 Å². The Balaban J connectivity index is 3.06. The summed E-state index contributed by atoms with van der Waals surface area (Å²) in [6.07, 6.45) is 2.94. The van der Waals surface area contributed by atoms with Crippen molar-refractivity contribution in [1.82, 2.24) is 9.97 Å². The molecule has 0 amide bonds. The van der Waals surface area contributed by atoms with Gasteiger partial charge in [-0.05, 0) is 6.26 Å². The van der Waals surface area contributed by atoms with Gasteiger partial charge in [0.1, 0.15) is 11.4 Å². The summed E-state index contributed by atoms with van der Waals surface area (Å²) in [4.78, 5) is 27.7. The van der Waals surface area contributed by atoms with Crippen molar-refractivity contribution in [1.29, 1.82) is 0 Å². The van der Waals surface area contributed by atoms with Crippen LogP contribution in [0.3, 0.4) is 0 Å². The minimum atomic E-state index is -1.26. The van der Waals surface area contributed by atoms with Crippen LogP contribution in [0.1, 0.15) is 16.2 Å². The number of aromatic amines is 1. The largest absolute Gasteiger partial charge is 0.477 e. The molecule has 0 aliphatic carbocycles. The Morgan fingerprint density at radius 3 is 2.92 bits per heavy atom. The summed E-state index contributed by atoms with van der Waals surface area (Å²) in [6, 6.07) is 0. The lowest BCUT2D eigenvalue weighted by Crippen LogP contribution is -2.19. The van der Waals surface area contributed by atoms with E-state index in [-0.39, 0.29) is 5.56 Å². The van der Waals surface area contributed by atoms with Crippen LogP contribution < -0.4 is 5.56 Å². The summed E-state index contributed by atoms with van der Waals surface area (Å²) in [5.74, 6) is -0.207. The average Bonchev–Trinajstić information content (AvgIpc) is 2.04. The lowest BCUT2D eigenvalue weighted by atomic mass is 10.3. The molecule has 0 fully saturated rings. The monoisotopic (exact) mass is 200 g/mol. The van der Waals surface area contributed by atoms with E-state index in [0.717, 1.165) is 6.20 Å². The molecule has 13 heavy (non-hydrogen) atoms. The van der Waals surface area contributed by atoms with Crippen LogP contribution in [0.2, 0.25) is 0 Å². The summed E-state index contributed by atoms with van der Waals surface area (Å²) in [7, 11) is 0. The summed E-state index contributed by atoms with van der Waals surface area (Å²) in [5.41, 5.74) is -0.934. The normalized spacial score (nSPS) is 9.92. The summed E-state index contributed by atoms with van der Waals surface area (Å²) >= 11 is 1.50. The Labute approximate surface area is 78.2 Å². The number of carboxylic acid groups (broad SMARTS) is 1. The second-order valence-electron chi connectivity index (χ2n) is 2.31. The molecule has 1 heterocycles. The predicted octanol–water partition coefficient (Wildman–Crippen LogP) is 0.331. The number of carboxylic acids is 1. The first-order valence-electron chi connectivity index (χ1n) is 3.45. The molecule has 2 N–H and O–H groups in total. The first kappa shape index (κ1) is 9.79. The third-order valence-electron chi connectivity index (χ3n) is 1.36. The van der Waals surface area contributed by atoms with Crippen LogP contribution in [0, 0.1) is 0 Å². The van der Waals surface area contributed by atoms with E-state index >= 15 is 0 Å². The third kappa shape index (κ3) is 2.32. The lowest BCUT2D eigenvalue weighted by molar-refractivity contribution is 0.0694. The van der Waals surface area contributed by atoms with Gasteiger partial charge in [-0.3, -0.25) is 4.79 Å². The van der Waals surface area contributed by atoms with Gasteiger partial charge in [0, 0.05) is 6.20 Å². The Morgan fingerprint density at radius 2 is 2.46 bits per heavy atom. The molecular weight excluding hydrogens is 192 g/mol. The number of hydrogen-bond acceptors (Lipinski definition) is 4. The Morgan fingerprint density at radius 1 is 1.77 bits per heavy atom. The van der Waals surface area contributed by atoms with E-state index in [1.165, 1.54) is 11.8 Å². The first-order chi connectivity index (χ1) is 6.15. The molecule has 5 nitrogen and oxygen atoms in total. The molecule has 0 unspecified atom stereocenters. The molecule has 1 aromatic rings. The van der Waals surface area contributed by atoms with Crippen LogP contribution in [0.4, 0.5) is 0 Å². The van der Waals surface area contributed by atoms with Crippen LogP contribution in [0.15, 0.2) is 11.0 Å². The molecule has 0 spiro atoms. The second kappa shape index (κ2) is 4.08. The van der Waals surface area contributed by atoms with E-state index in [1.807, 2.05) is 6.26 Å². The zero-order chi connectivity index (χ0) is 9.84. The molecule has 0 radical (unpaired) electrons. The van der Waals surface area contributed by atoms with Gasteiger partial charge in [0.25, 0.3) is 5.56 Å². The van der Waals surface area contributed by atoms with Crippen molar-refractivity contribution in [3.05, 3.63) is 27.9 Å². The maximum atomic E-state index is 11.1. The molecule has 0 bridgehead atoms. The molecule has 1 rings (SSSR count). The number of hydrogen-bond donors (Lipinski definition) is 2. The maximum Gasteiger partial charge on any atom is 0.342 e. The number of nitrogens with zero attached hydrogens (tertiary/aromatic N) is 1. The second-order valence-corrected chi connectivity index (χ2v) is 3.18. The summed E-state index contributed by atoms with van der Waals surface area (Å²) < 4.78 is 0. The van der Waals surface area contributed by atoms with Gasteiger partial charge in [-0.2, -0.15) is 11.8 Å². The molecule has 0 aromatic carbocycles. The van der Waals surface area contributed by atoms with Crippen molar-refractivity contribution in [3.8, 4) is 0 Å². The van der Waals surface area contributed by atoms with Crippen LogP contribution in [-0.4, -0.2) is 27.3 Å². The molecule has 1 aromatic heterocycles. The van der Waals surface area contributed by atoms with Gasteiger partial charge in [0.15, 0.2) is 0 Å². The molecule has 6 heteroatoms. The predicted molar refractivity (Wildman–Crippen MR) is 49.0 cm³/mol. The van der Waals surface area contributed by atoms with Crippen molar-refractivity contribution >= 4 is 17.7 Å². The summed E-state index contributed by atoms with van der Waals surface area (Å²) in [5, 5.41) is 8.52. The fourth-order valence-electron chi connectivity index (χ4n) is 0.794. The first-order valence-corrected chi connectivity index (χ1v) is 4.85. The number of nitrogens with one attached hydrogen (secondary N) is 1. The fraction of sp³-hybridized carbons (Fsp3) is 0.286. The number of aromatic carboxylic acids is 1. The van der Waals surface area contributed by atoms with Gasteiger partial charge < -0.3 is 10.1 Å². The Hall–Kier alpha value is -1.30. The fourth-order valence-corrected chi connectivity index (χ4v) is 1.21. The number of carbonyl (C=O) groups is 1. The zero-order valence-electron chi connectivity index (χ0n) is 6.90. The van der Waals surface area contributed by atoms with Gasteiger partial charge in [-0.25, -0.2) is 9.78 Å². The smallest absolute Gasteiger partial charge is 0.342 e. The molecule has 70 valence electrons. The van der Waals surface area contributed by atoms with E-state index in [1.54, 1.807) is 0 Å². The van der Waals surface area contributed by atoms with Crippen molar-refractivity contribution in [2.45, 2.75) is 5.75 Å². The SMILES string of the molecule is CSCc1ncc(C(=O)O)c(=O)[nH]1. The lowest BCUT2D eigenvalue weighted by Gasteiger charge is -1.97. The van der Waals surface area contributed by atoms with Gasteiger partial charge >= 0.3 is 5.97 Å². The summed E-state index contributed by atoms with van der Waals surface area (Å²) in [6.45, 7) is 0. The molecule has 0 saturated carbocycles. The molecule has 0 aliphatic rings. The number of rotatable bonds is 3. The zero-order valence-corrected chi connectivity index (χ0v) is 7.72. The Bertz CT molecular complexity index is 374. The van der Waals surface area contributed by atoms with E-state index in [2.05, 4.69) is 9.97 Å². The highest BCUT2D eigenvalue weighted by atomic mass is 32.2.